The van der Waals surface area contributed by atoms with Crippen molar-refractivity contribution in [2.75, 3.05) is 0 Å². The Bertz CT molecular complexity index is 233. The third kappa shape index (κ3) is 2.43. The molecule has 0 saturated carbocycles. The molecule has 0 amide bonds. The highest BCUT2D eigenvalue weighted by Crippen LogP contribution is 2.20. The number of benzene rings is 1. The molecule has 0 aliphatic carbocycles. The molecule has 0 unspecified atom stereocenters. The van der Waals surface area contributed by atoms with Gasteiger partial charge in [-0.2, -0.15) is 0 Å². The predicted octanol–water partition coefficient (Wildman–Crippen LogP) is 2.98. The lowest BCUT2D eigenvalue weighted by molar-refractivity contribution is 0.698. The van der Waals surface area contributed by atoms with Crippen molar-refractivity contribution in [3.8, 4) is 0 Å². The topological polar surface area (TPSA) is 14.1 Å². The van der Waals surface area contributed by atoms with Gasteiger partial charge in [-0.05, 0) is 26.0 Å². The van der Waals surface area contributed by atoms with E-state index in [2.05, 4.69) is 5.32 Å². The van der Waals surface area contributed by atoms with Crippen molar-refractivity contribution in [1.82, 2.24) is 5.32 Å². The van der Waals surface area contributed by atoms with Gasteiger partial charge in [-0.3, -0.25) is 5.32 Å². The Hall–Kier alpha value is -0.690. The van der Waals surface area contributed by atoms with Crippen LogP contribution in [-0.2, 0) is 0 Å². The SMILES string of the molecule is CC(C)[N]c1ccccc1Cl. The van der Waals surface area contributed by atoms with Gasteiger partial charge in [-0.25, -0.2) is 0 Å². The Morgan fingerprint density at radius 3 is 2.45 bits per heavy atom. The summed E-state index contributed by atoms with van der Waals surface area (Å²) in [6.45, 7) is 4.06. The van der Waals surface area contributed by atoms with Gasteiger partial charge in [0.1, 0.15) is 0 Å². The molecule has 0 N–H and O–H groups in total. The molecule has 0 atom stereocenters. The molecule has 1 radical (unpaired) electrons. The predicted molar refractivity (Wildman–Crippen MR) is 48.4 cm³/mol. The first-order valence-electron chi connectivity index (χ1n) is 3.65. The molecule has 0 spiro atoms. The molecular weight excluding hydrogens is 158 g/mol. The minimum Gasteiger partial charge on any atom is -0.281 e. The number of hydrogen-bond donors (Lipinski definition) is 0. The summed E-state index contributed by atoms with van der Waals surface area (Å²) >= 11 is 5.87. The molecular formula is C9H11ClN. The average molecular weight is 169 g/mol. The van der Waals surface area contributed by atoms with E-state index in [0.29, 0.717) is 6.04 Å². The van der Waals surface area contributed by atoms with Crippen molar-refractivity contribution in [3.05, 3.63) is 29.3 Å². The first-order chi connectivity index (χ1) is 5.20. The highest BCUT2D eigenvalue weighted by Gasteiger charge is 2.00. The van der Waals surface area contributed by atoms with Crippen molar-refractivity contribution < 1.29 is 0 Å². The van der Waals surface area contributed by atoms with Crippen LogP contribution in [0.25, 0.3) is 0 Å². The molecule has 0 heterocycles. The summed E-state index contributed by atoms with van der Waals surface area (Å²) in [5.74, 6) is 0. The molecule has 0 aliphatic rings. The van der Waals surface area contributed by atoms with Crippen LogP contribution in [0.4, 0.5) is 5.69 Å². The fourth-order valence-corrected chi connectivity index (χ4v) is 1.02. The van der Waals surface area contributed by atoms with E-state index in [1.54, 1.807) is 0 Å². The summed E-state index contributed by atoms with van der Waals surface area (Å²) in [6.07, 6.45) is 0. The number of halogens is 1. The number of rotatable bonds is 2. The zero-order valence-electron chi connectivity index (χ0n) is 6.71. The van der Waals surface area contributed by atoms with Gasteiger partial charge in [0.05, 0.1) is 10.7 Å². The molecule has 1 aromatic carbocycles. The van der Waals surface area contributed by atoms with Gasteiger partial charge in [-0.1, -0.05) is 23.7 Å². The molecule has 0 bridgehead atoms. The molecule has 1 aromatic rings. The van der Waals surface area contributed by atoms with Gasteiger partial charge in [0.25, 0.3) is 0 Å². The molecule has 11 heavy (non-hydrogen) atoms. The quantitative estimate of drug-likeness (QED) is 0.645. The second kappa shape index (κ2) is 3.63. The van der Waals surface area contributed by atoms with E-state index in [0.717, 1.165) is 10.7 Å². The molecule has 0 saturated heterocycles. The summed E-state index contributed by atoms with van der Waals surface area (Å²) in [5, 5.41) is 5.05. The molecule has 0 aliphatic heterocycles. The summed E-state index contributed by atoms with van der Waals surface area (Å²) in [7, 11) is 0. The van der Waals surface area contributed by atoms with Crippen LogP contribution < -0.4 is 5.32 Å². The average Bonchev–Trinajstić information content (AvgIpc) is 1.93. The number of hydrogen-bond acceptors (Lipinski definition) is 0. The lowest BCUT2D eigenvalue weighted by atomic mass is 10.3. The van der Waals surface area contributed by atoms with Crippen molar-refractivity contribution in [1.29, 1.82) is 0 Å². The second-order valence-corrected chi connectivity index (χ2v) is 3.08. The van der Waals surface area contributed by atoms with Gasteiger partial charge >= 0.3 is 0 Å². The van der Waals surface area contributed by atoms with E-state index < -0.39 is 0 Å². The maximum atomic E-state index is 5.87. The van der Waals surface area contributed by atoms with Crippen LogP contribution in [0.3, 0.4) is 0 Å². The smallest absolute Gasteiger partial charge is 0.0763 e. The van der Waals surface area contributed by atoms with Gasteiger partial charge < -0.3 is 0 Å². The Morgan fingerprint density at radius 2 is 1.91 bits per heavy atom. The van der Waals surface area contributed by atoms with Gasteiger partial charge in [0.2, 0.25) is 0 Å². The maximum absolute atomic E-state index is 5.87. The van der Waals surface area contributed by atoms with E-state index in [1.807, 2.05) is 38.1 Å². The van der Waals surface area contributed by atoms with Crippen LogP contribution in [0.15, 0.2) is 24.3 Å². The third-order valence-electron chi connectivity index (χ3n) is 1.25. The molecule has 2 heteroatoms. The van der Waals surface area contributed by atoms with Crippen LogP contribution in [-0.4, -0.2) is 6.04 Å². The van der Waals surface area contributed by atoms with E-state index in [4.69, 9.17) is 11.6 Å². The summed E-state index contributed by atoms with van der Waals surface area (Å²) in [4.78, 5) is 0. The number of nitrogens with zero attached hydrogens (tertiary/aromatic N) is 1. The van der Waals surface area contributed by atoms with E-state index in [9.17, 15) is 0 Å². The Balaban J connectivity index is 2.78. The second-order valence-electron chi connectivity index (χ2n) is 2.67. The molecule has 1 rings (SSSR count). The highest BCUT2D eigenvalue weighted by atomic mass is 35.5. The monoisotopic (exact) mass is 168 g/mol. The lowest BCUT2D eigenvalue weighted by Crippen LogP contribution is -2.08. The van der Waals surface area contributed by atoms with E-state index in [-0.39, 0.29) is 0 Å². The maximum Gasteiger partial charge on any atom is 0.0763 e. The van der Waals surface area contributed by atoms with Gasteiger partial charge in [0.15, 0.2) is 0 Å². The first kappa shape index (κ1) is 8.41. The summed E-state index contributed by atoms with van der Waals surface area (Å²) in [6, 6.07) is 7.91. The van der Waals surface area contributed by atoms with E-state index >= 15 is 0 Å². The minimum atomic E-state index is 0.301. The summed E-state index contributed by atoms with van der Waals surface area (Å²) < 4.78 is 0. The van der Waals surface area contributed by atoms with Crippen LogP contribution in [0, 0.1) is 0 Å². The fraction of sp³-hybridized carbons (Fsp3) is 0.333. The Morgan fingerprint density at radius 1 is 1.27 bits per heavy atom. The van der Waals surface area contributed by atoms with Crippen LogP contribution in [0.5, 0.6) is 0 Å². The molecule has 0 aromatic heterocycles. The van der Waals surface area contributed by atoms with Crippen molar-refractivity contribution in [3.63, 3.8) is 0 Å². The standard InChI is InChI=1S/C9H11ClN/c1-7(2)11-9-6-4-3-5-8(9)10/h3-7H,1-2H3. The number of para-hydroxylation sites is 1. The van der Waals surface area contributed by atoms with Gasteiger partial charge in [0, 0.05) is 6.04 Å². The van der Waals surface area contributed by atoms with E-state index in [1.165, 1.54) is 0 Å². The first-order valence-corrected chi connectivity index (χ1v) is 4.03. The highest BCUT2D eigenvalue weighted by molar-refractivity contribution is 6.32. The summed E-state index contributed by atoms with van der Waals surface area (Å²) in [5.41, 5.74) is 0.879. The minimum absolute atomic E-state index is 0.301. The zero-order valence-corrected chi connectivity index (χ0v) is 7.47. The largest absolute Gasteiger partial charge is 0.281 e. The Kier molecular flexibility index (Phi) is 2.77. The van der Waals surface area contributed by atoms with Crippen molar-refractivity contribution in [2.24, 2.45) is 0 Å². The molecule has 0 fully saturated rings. The van der Waals surface area contributed by atoms with Crippen LogP contribution in [0.2, 0.25) is 5.02 Å². The van der Waals surface area contributed by atoms with Crippen molar-refractivity contribution >= 4 is 17.3 Å². The fourth-order valence-electron chi connectivity index (χ4n) is 0.835. The molecule has 59 valence electrons. The van der Waals surface area contributed by atoms with Crippen molar-refractivity contribution in [2.45, 2.75) is 19.9 Å². The van der Waals surface area contributed by atoms with Crippen LogP contribution >= 0.6 is 11.6 Å². The van der Waals surface area contributed by atoms with Gasteiger partial charge in [-0.15, -0.1) is 0 Å². The Labute approximate surface area is 72.4 Å². The van der Waals surface area contributed by atoms with Crippen LogP contribution in [0.1, 0.15) is 13.8 Å². The normalized spacial score (nSPS) is 10.2. The third-order valence-corrected chi connectivity index (χ3v) is 1.57. The zero-order chi connectivity index (χ0) is 8.27. The lowest BCUT2D eigenvalue weighted by Gasteiger charge is -2.06. The molecule has 1 nitrogen and oxygen atoms in total.